The number of nitrogens with zero attached hydrogens (tertiary/aromatic N) is 3. The van der Waals surface area contributed by atoms with Crippen molar-refractivity contribution >= 4 is 17.6 Å². The number of anilines is 1. The van der Waals surface area contributed by atoms with Crippen molar-refractivity contribution in [3.05, 3.63) is 41.2 Å². The molecule has 150 valence electrons. The predicted octanol–water partition coefficient (Wildman–Crippen LogP) is 2.62. The number of methoxy groups -OCH3 is 1. The average Bonchev–Trinajstić information content (AvgIpc) is 2.96. The number of aromatic nitrogens is 2. The number of carbonyl (C=O) groups excluding carboxylic acids is 2. The van der Waals surface area contributed by atoms with Crippen molar-refractivity contribution < 1.29 is 14.3 Å². The molecule has 1 amide bonds. The summed E-state index contributed by atoms with van der Waals surface area (Å²) in [5.74, 6) is -0.272. The van der Waals surface area contributed by atoms with Crippen LogP contribution < -0.4 is 5.32 Å². The molecular weight excluding hydrogens is 356 g/mol. The molecule has 2 heterocycles. The Kier molecular flexibility index (Phi) is 6.14. The van der Waals surface area contributed by atoms with Crippen LogP contribution in [0.5, 0.6) is 0 Å². The number of nitrogens with one attached hydrogen (secondary N) is 1. The molecule has 1 aliphatic rings. The molecule has 1 aromatic heterocycles. The van der Waals surface area contributed by atoms with Crippen LogP contribution >= 0.6 is 0 Å². The SMILES string of the molecule is COC(=O)C1CCN(CC(=O)Nc2c(C)nn(-c3ccc(C)cc3)c2C)CC1. The van der Waals surface area contributed by atoms with E-state index in [0.29, 0.717) is 19.6 Å². The van der Waals surface area contributed by atoms with Gasteiger partial charge in [-0.05, 0) is 58.8 Å². The van der Waals surface area contributed by atoms with Gasteiger partial charge in [-0.1, -0.05) is 17.7 Å². The van der Waals surface area contributed by atoms with E-state index < -0.39 is 0 Å². The highest BCUT2D eigenvalue weighted by atomic mass is 16.5. The third-order valence-electron chi connectivity index (χ3n) is 5.32. The molecule has 0 spiro atoms. The van der Waals surface area contributed by atoms with E-state index >= 15 is 0 Å². The van der Waals surface area contributed by atoms with Crippen molar-refractivity contribution in [2.24, 2.45) is 5.92 Å². The topological polar surface area (TPSA) is 76.5 Å². The van der Waals surface area contributed by atoms with Crippen molar-refractivity contribution in [3.63, 3.8) is 0 Å². The molecule has 1 saturated heterocycles. The van der Waals surface area contributed by atoms with Gasteiger partial charge in [0.05, 0.1) is 42.3 Å². The predicted molar refractivity (Wildman–Crippen MR) is 108 cm³/mol. The van der Waals surface area contributed by atoms with Crippen LogP contribution in [0.4, 0.5) is 5.69 Å². The zero-order chi connectivity index (χ0) is 20.3. The smallest absolute Gasteiger partial charge is 0.308 e. The van der Waals surface area contributed by atoms with Crippen molar-refractivity contribution in [1.29, 1.82) is 0 Å². The fourth-order valence-corrected chi connectivity index (χ4v) is 3.64. The number of hydrogen-bond acceptors (Lipinski definition) is 5. The first-order chi connectivity index (χ1) is 13.4. The molecule has 0 bridgehead atoms. The van der Waals surface area contributed by atoms with E-state index in [-0.39, 0.29) is 17.8 Å². The van der Waals surface area contributed by atoms with E-state index in [1.807, 2.05) is 49.7 Å². The second-order valence-corrected chi connectivity index (χ2v) is 7.41. The molecule has 0 radical (unpaired) electrons. The number of esters is 1. The molecule has 7 nitrogen and oxygen atoms in total. The van der Waals surface area contributed by atoms with Gasteiger partial charge in [0.2, 0.25) is 5.91 Å². The Labute approximate surface area is 165 Å². The van der Waals surface area contributed by atoms with E-state index in [0.717, 1.165) is 35.6 Å². The van der Waals surface area contributed by atoms with E-state index in [1.54, 1.807) is 0 Å². The molecule has 1 aliphatic heterocycles. The van der Waals surface area contributed by atoms with Crippen molar-refractivity contribution in [2.45, 2.75) is 33.6 Å². The third-order valence-corrected chi connectivity index (χ3v) is 5.32. The summed E-state index contributed by atoms with van der Waals surface area (Å²) in [5.41, 5.74) is 4.61. The maximum absolute atomic E-state index is 12.6. The average molecular weight is 384 g/mol. The first kappa shape index (κ1) is 20.1. The van der Waals surface area contributed by atoms with Gasteiger partial charge in [-0.15, -0.1) is 0 Å². The highest BCUT2D eigenvalue weighted by Gasteiger charge is 2.26. The van der Waals surface area contributed by atoms with Gasteiger partial charge >= 0.3 is 5.97 Å². The fourth-order valence-electron chi connectivity index (χ4n) is 3.64. The molecule has 1 aromatic carbocycles. The molecule has 3 rings (SSSR count). The first-order valence-electron chi connectivity index (χ1n) is 9.62. The number of aryl methyl sites for hydroxylation is 2. The lowest BCUT2D eigenvalue weighted by atomic mass is 9.97. The van der Waals surface area contributed by atoms with E-state index in [2.05, 4.69) is 15.3 Å². The van der Waals surface area contributed by atoms with Gasteiger partial charge in [-0.3, -0.25) is 14.5 Å². The third kappa shape index (κ3) is 4.42. The molecule has 0 atom stereocenters. The monoisotopic (exact) mass is 384 g/mol. The number of rotatable bonds is 5. The molecule has 28 heavy (non-hydrogen) atoms. The molecule has 0 aliphatic carbocycles. The maximum atomic E-state index is 12.6. The van der Waals surface area contributed by atoms with Gasteiger partial charge in [0, 0.05) is 0 Å². The maximum Gasteiger partial charge on any atom is 0.308 e. The van der Waals surface area contributed by atoms with Crippen molar-refractivity contribution in [3.8, 4) is 5.69 Å². The second-order valence-electron chi connectivity index (χ2n) is 7.41. The van der Waals surface area contributed by atoms with E-state index in [4.69, 9.17) is 4.74 Å². The Balaban J connectivity index is 1.62. The van der Waals surface area contributed by atoms with Crippen molar-refractivity contribution in [2.75, 3.05) is 32.1 Å². The largest absolute Gasteiger partial charge is 0.469 e. The summed E-state index contributed by atoms with van der Waals surface area (Å²) in [7, 11) is 1.42. The summed E-state index contributed by atoms with van der Waals surface area (Å²) in [6.45, 7) is 7.64. The number of carbonyl (C=O) groups is 2. The standard InChI is InChI=1S/C21H28N4O3/c1-14-5-7-18(8-6-14)25-16(3)20(15(2)23-25)22-19(26)13-24-11-9-17(10-12-24)21(27)28-4/h5-8,17H,9-13H2,1-4H3,(H,22,26). The molecule has 7 heteroatoms. The minimum atomic E-state index is -0.154. The van der Waals surface area contributed by atoms with E-state index in [1.165, 1.54) is 12.7 Å². The van der Waals surface area contributed by atoms with Crippen LogP contribution in [0.2, 0.25) is 0 Å². The van der Waals surface area contributed by atoms with Gasteiger partial charge in [0.15, 0.2) is 0 Å². The lowest BCUT2D eigenvalue weighted by Crippen LogP contribution is -2.41. The van der Waals surface area contributed by atoms with Gasteiger partial charge < -0.3 is 10.1 Å². The molecule has 0 saturated carbocycles. The van der Waals surface area contributed by atoms with Gasteiger partial charge in [-0.2, -0.15) is 5.10 Å². The zero-order valence-corrected chi connectivity index (χ0v) is 17.0. The number of piperidine rings is 1. The molecule has 1 N–H and O–H groups in total. The Morgan fingerprint density at radius 3 is 2.39 bits per heavy atom. The zero-order valence-electron chi connectivity index (χ0n) is 17.0. The van der Waals surface area contributed by atoms with Crippen LogP contribution in [0.1, 0.15) is 29.8 Å². The summed E-state index contributed by atoms with van der Waals surface area (Å²) in [5, 5.41) is 7.60. The van der Waals surface area contributed by atoms with Crippen molar-refractivity contribution in [1.82, 2.24) is 14.7 Å². The highest BCUT2D eigenvalue weighted by molar-refractivity contribution is 5.93. The number of ether oxygens (including phenoxy) is 1. The summed E-state index contributed by atoms with van der Waals surface area (Å²) in [4.78, 5) is 26.3. The number of hydrogen-bond donors (Lipinski definition) is 1. The lowest BCUT2D eigenvalue weighted by Gasteiger charge is -2.29. The Morgan fingerprint density at radius 1 is 1.14 bits per heavy atom. The fraction of sp³-hybridized carbons (Fsp3) is 0.476. The summed E-state index contributed by atoms with van der Waals surface area (Å²) < 4.78 is 6.66. The normalized spacial score (nSPS) is 15.4. The molecule has 0 unspecified atom stereocenters. The Hall–Kier alpha value is -2.67. The Morgan fingerprint density at radius 2 is 1.79 bits per heavy atom. The first-order valence-corrected chi connectivity index (χ1v) is 9.62. The number of likely N-dealkylation sites (tertiary alicyclic amines) is 1. The number of benzene rings is 1. The van der Waals surface area contributed by atoms with Crippen LogP contribution in [0, 0.1) is 26.7 Å². The van der Waals surface area contributed by atoms with Gasteiger partial charge in [0.1, 0.15) is 0 Å². The highest BCUT2D eigenvalue weighted by Crippen LogP contribution is 2.23. The van der Waals surface area contributed by atoms with Crippen LogP contribution in [0.25, 0.3) is 5.69 Å². The number of amides is 1. The summed E-state index contributed by atoms with van der Waals surface area (Å²) >= 11 is 0. The second kappa shape index (κ2) is 8.56. The molecular formula is C21H28N4O3. The van der Waals surface area contributed by atoms with Crippen LogP contribution in [0.15, 0.2) is 24.3 Å². The summed E-state index contributed by atoms with van der Waals surface area (Å²) in [6.07, 6.45) is 1.45. The van der Waals surface area contributed by atoms with E-state index in [9.17, 15) is 9.59 Å². The quantitative estimate of drug-likeness (QED) is 0.802. The van der Waals surface area contributed by atoms with Crippen LogP contribution in [-0.4, -0.2) is 53.3 Å². The van der Waals surface area contributed by atoms with Gasteiger partial charge in [0.25, 0.3) is 0 Å². The molecule has 1 fully saturated rings. The van der Waals surface area contributed by atoms with Crippen LogP contribution in [0.3, 0.4) is 0 Å². The minimum Gasteiger partial charge on any atom is -0.469 e. The van der Waals surface area contributed by atoms with Gasteiger partial charge in [-0.25, -0.2) is 4.68 Å². The minimum absolute atomic E-state index is 0.0541. The van der Waals surface area contributed by atoms with Crippen LogP contribution in [-0.2, 0) is 14.3 Å². The summed E-state index contributed by atoms with van der Waals surface area (Å²) in [6, 6.07) is 8.13. The molecule has 2 aromatic rings. The Bertz CT molecular complexity index is 849. The lowest BCUT2D eigenvalue weighted by molar-refractivity contribution is -0.147.